The Morgan fingerprint density at radius 1 is 1.17 bits per heavy atom. The van der Waals surface area contributed by atoms with Crippen LogP contribution in [0.4, 0.5) is 4.79 Å². The van der Waals surface area contributed by atoms with E-state index in [1.807, 2.05) is 12.2 Å². The molecule has 9 heteroatoms. The first-order chi connectivity index (χ1) is 11.5. The standard InChI is InChI=1S/C15H21N3O5S/c1-2-6-17-15(22)18-12(19)9-23-13(20)4-3-7-16-14(21)11-5-8-24-10-11/h5,8,10H,2-4,6-7,9H2,1H3,(H,16,21)(H2,17,18,19,22). The summed E-state index contributed by atoms with van der Waals surface area (Å²) >= 11 is 1.43. The van der Waals surface area contributed by atoms with Crippen LogP contribution >= 0.6 is 11.3 Å². The predicted octanol–water partition coefficient (Wildman–Crippen LogP) is 1.04. The van der Waals surface area contributed by atoms with Crippen molar-refractivity contribution >= 4 is 35.2 Å². The van der Waals surface area contributed by atoms with Crippen LogP contribution in [0, 0.1) is 0 Å². The molecule has 0 atom stereocenters. The summed E-state index contributed by atoms with van der Waals surface area (Å²) in [4.78, 5) is 45.7. The van der Waals surface area contributed by atoms with Crippen LogP contribution < -0.4 is 16.0 Å². The molecule has 0 unspecified atom stereocenters. The molecule has 0 aliphatic rings. The maximum atomic E-state index is 11.6. The van der Waals surface area contributed by atoms with Gasteiger partial charge in [-0.1, -0.05) is 6.92 Å². The van der Waals surface area contributed by atoms with Crippen molar-refractivity contribution in [3.05, 3.63) is 22.4 Å². The molecular weight excluding hydrogens is 334 g/mol. The van der Waals surface area contributed by atoms with E-state index in [9.17, 15) is 19.2 Å². The Hall–Kier alpha value is -2.42. The fourth-order valence-corrected chi connectivity index (χ4v) is 2.23. The van der Waals surface area contributed by atoms with E-state index in [0.717, 1.165) is 6.42 Å². The Morgan fingerprint density at radius 3 is 2.62 bits per heavy atom. The minimum atomic E-state index is -0.692. The number of imide groups is 1. The summed E-state index contributed by atoms with van der Waals surface area (Å²) in [7, 11) is 0. The Labute approximate surface area is 143 Å². The van der Waals surface area contributed by atoms with Gasteiger partial charge in [-0.25, -0.2) is 4.79 Å². The highest BCUT2D eigenvalue weighted by atomic mass is 32.1. The minimum Gasteiger partial charge on any atom is -0.456 e. The minimum absolute atomic E-state index is 0.0687. The van der Waals surface area contributed by atoms with Crippen molar-refractivity contribution in [1.29, 1.82) is 0 Å². The van der Waals surface area contributed by atoms with Crippen molar-refractivity contribution in [2.24, 2.45) is 0 Å². The Kier molecular flexibility index (Phi) is 9.13. The van der Waals surface area contributed by atoms with Gasteiger partial charge in [0.2, 0.25) is 0 Å². The van der Waals surface area contributed by atoms with Gasteiger partial charge in [0.25, 0.3) is 11.8 Å². The smallest absolute Gasteiger partial charge is 0.321 e. The molecule has 1 rings (SSSR count). The van der Waals surface area contributed by atoms with Crippen LogP contribution in [0.3, 0.4) is 0 Å². The number of esters is 1. The Morgan fingerprint density at radius 2 is 1.96 bits per heavy atom. The van der Waals surface area contributed by atoms with E-state index in [-0.39, 0.29) is 12.3 Å². The van der Waals surface area contributed by atoms with Crippen molar-refractivity contribution in [3.63, 3.8) is 0 Å². The van der Waals surface area contributed by atoms with Gasteiger partial charge in [0, 0.05) is 30.5 Å². The summed E-state index contributed by atoms with van der Waals surface area (Å²) in [6, 6.07) is 1.10. The van der Waals surface area contributed by atoms with Crippen molar-refractivity contribution in [3.8, 4) is 0 Å². The highest BCUT2D eigenvalue weighted by Crippen LogP contribution is 2.05. The maximum Gasteiger partial charge on any atom is 0.321 e. The first-order valence-corrected chi connectivity index (χ1v) is 8.51. The number of ether oxygens (including phenoxy) is 1. The molecule has 0 saturated carbocycles. The summed E-state index contributed by atoms with van der Waals surface area (Å²) in [5, 5.41) is 10.7. The fourth-order valence-electron chi connectivity index (χ4n) is 1.59. The first-order valence-electron chi connectivity index (χ1n) is 7.56. The quantitative estimate of drug-likeness (QED) is 0.452. The van der Waals surface area contributed by atoms with Crippen LogP contribution in [-0.2, 0) is 14.3 Å². The summed E-state index contributed by atoms with van der Waals surface area (Å²) < 4.78 is 4.75. The molecular formula is C15H21N3O5S. The number of rotatable bonds is 9. The molecule has 0 aromatic carbocycles. The van der Waals surface area contributed by atoms with E-state index in [1.54, 1.807) is 16.8 Å². The number of amides is 4. The third kappa shape index (κ3) is 8.28. The molecule has 0 fully saturated rings. The second kappa shape index (κ2) is 11.2. The van der Waals surface area contributed by atoms with Crippen molar-refractivity contribution in [1.82, 2.24) is 16.0 Å². The van der Waals surface area contributed by atoms with E-state index in [2.05, 4.69) is 10.6 Å². The van der Waals surface area contributed by atoms with E-state index in [4.69, 9.17) is 4.74 Å². The van der Waals surface area contributed by atoms with Gasteiger partial charge < -0.3 is 15.4 Å². The van der Waals surface area contributed by atoms with Gasteiger partial charge in [-0.3, -0.25) is 19.7 Å². The van der Waals surface area contributed by atoms with Crippen LogP contribution in [0.15, 0.2) is 16.8 Å². The number of urea groups is 1. The zero-order chi connectivity index (χ0) is 17.8. The van der Waals surface area contributed by atoms with Crippen LogP contribution in [-0.4, -0.2) is 43.5 Å². The number of nitrogens with one attached hydrogen (secondary N) is 3. The summed E-state index contributed by atoms with van der Waals surface area (Å²) in [5.74, 6) is -1.45. The average molecular weight is 355 g/mol. The van der Waals surface area contributed by atoms with E-state index in [1.165, 1.54) is 11.3 Å². The van der Waals surface area contributed by atoms with Gasteiger partial charge in [0.05, 0.1) is 0 Å². The Bertz CT molecular complexity index is 559. The average Bonchev–Trinajstić information content (AvgIpc) is 3.09. The third-order valence-corrected chi connectivity index (χ3v) is 3.46. The fraction of sp³-hybridized carbons (Fsp3) is 0.467. The highest BCUT2D eigenvalue weighted by molar-refractivity contribution is 7.08. The number of carbonyl (C=O) groups excluding carboxylic acids is 4. The normalized spacial score (nSPS) is 9.88. The van der Waals surface area contributed by atoms with Crippen molar-refractivity contribution in [2.45, 2.75) is 26.2 Å². The predicted molar refractivity (Wildman–Crippen MR) is 88.7 cm³/mol. The first kappa shape index (κ1) is 19.6. The topological polar surface area (TPSA) is 114 Å². The molecule has 0 radical (unpaired) electrons. The van der Waals surface area contributed by atoms with Gasteiger partial charge in [-0.05, 0) is 24.3 Å². The lowest BCUT2D eigenvalue weighted by Crippen LogP contribution is -2.41. The van der Waals surface area contributed by atoms with E-state index < -0.39 is 24.5 Å². The van der Waals surface area contributed by atoms with Gasteiger partial charge in [-0.15, -0.1) is 0 Å². The van der Waals surface area contributed by atoms with Gasteiger partial charge in [-0.2, -0.15) is 11.3 Å². The largest absolute Gasteiger partial charge is 0.456 e. The highest BCUT2D eigenvalue weighted by Gasteiger charge is 2.11. The molecule has 0 saturated heterocycles. The van der Waals surface area contributed by atoms with Crippen molar-refractivity contribution < 1.29 is 23.9 Å². The van der Waals surface area contributed by atoms with Crippen LogP contribution in [0.5, 0.6) is 0 Å². The second-order valence-electron chi connectivity index (χ2n) is 4.84. The molecule has 0 bridgehead atoms. The van der Waals surface area contributed by atoms with Crippen LogP contribution in [0.1, 0.15) is 36.5 Å². The molecule has 1 heterocycles. The van der Waals surface area contributed by atoms with E-state index in [0.29, 0.717) is 25.1 Å². The molecule has 8 nitrogen and oxygen atoms in total. The number of hydrogen-bond acceptors (Lipinski definition) is 6. The Balaban J connectivity index is 2.08. The van der Waals surface area contributed by atoms with Gasteiger partial charge in [0.1, 0.15) is 0 Å². The molecule has 4 amide bonds. The summed E-state index contributed by atoms with van der Waals surface area (Å²) in [6.45, 7) is 2.15. The molecule has 3 N–H and O–H groups in total. The lowest BCUT2D eigenvalue weighted by molar-refractivity contribution is -0.148. The number of hydrogen-bond donors (Lipinski definition) is 3. The lowest BCUT2D eigenvalue weighted by Gasteiger charge is -2.07. The zero-order valence-corrected chi connectivity index (χ0v) is 14.2. The van der Waals surface area contributed by atoms with E-state index >= 15 is 0 Å². The SMILES string of the molecule is CCCNC(=O)NC(=O)COC(=O)CCCNC(=O)c1ccsc1. The third-order valence-electron chi connectivity index (χ3n) is 2.78. The van der Waals surface area contributed by atoms with Crippen LogP contribution in [0.2, 0.25) is 0 Å². The van der Waals surface area contributed by atoms with Crippen LogP contribution in [0.25, 0.3) is 0 Å². The number of carbonyl (C=O) groups is 4. The summed E-state index contributed by atoms with van der Waals surface area (Å²) in [6.07, 6.45) is 1.21. The molecule has 132 valence electrons. The maximum absolute atomic E-state index is 11.6. The van der Waals surface area contributed by atoms with Crippen molar-refractivity contribution in [2.75, 3.05) is 19.7 Å². The molecule has 1 aromatic heterocycles. The zero-order valence-electron chi connectivity index (χ0n) is 13.4. The molecule has 0 aliphatic carbocycles. The second-order valence-corrected chi connectivity index (χ2v) is 5.62. The van der Waals surface area contributed by atoms with Gasteiger partial charge in [0.15, 0.2) is 6.61 Å². The number of thiophene rings is 1. The lowest BCUT2D eigenvalue weighted by atomic mass is 10.3. The molecule has 1 aromatic rings. The molecule has 0 aliphatic heterocycles. The van der Waals surface area contributed by atoms with Gasteiger partial charge >= 0.3 is 12.0 Å². The molecule has 24 heavy (non-hydrogen) atoms. The summed E-state index contributed by atoms with van der Waals surface area (Å²) in [5.41, 5.74) is 0.584. The molecule has 0 spiro atoms. The monoisotopic (exact) mass is 355 g/mol.